The predicted molar refractivity (Wildman–Crippen MR) is 79.1 cm³/mol. The summed E-state index contributed by atoms with van der Waals surface area (Å²) in [4.78, 5) is 11.8. The van der Waals surface area contributed by atoms with E-state index in [4.69, 9.17) is 16.3 Å². The minimum absolute atomic E-state index is 0.382. The van der Waals surface area contributed by atoms with E-state index in [1.165, 1.54) is 7.11 Å². The van der Waals surface area contributed by atoms with Gasteiger partial charge in [0.1, 0.15) is 0 Å². The number of unbranched alkanes of at least 4 members (excludes halogenated alkanes) is 1. The maximum absolute atomic E-state index is 11.8. The van der Waals surface area contributed by atoms with Crippen LogP contribution in [0.25, 0.3) is 0 Å². The van der Waals surface area contributed by atoms with Gasteiger partial charge < -0.3 is 9.84 Å². The standard InChI is InChI=1S/C14H18BrClO3/c1-3-4-5-10(14(18)19-2)13(17)9-6-7-12(16)11(15)8-9/h6-8,10,13,17H,3-5H2,1-2H3. The molecule has 1 aromatic carbocycles. The molecule has 0 heterocycles. The van der Waals surface area contributed by atoms with Gasteiger partial charge >= 0.3 is 5.97 Å². The normalized spacial score (nSPS) is 13.9. The van der Waals surface area contributed by atoms with Gasteiger partial charge in [0.2, 0.25) is 0 Å². The van der Waals surface area contributed by atoms with Crippen LogP contribution in [0.3, 0.4) is 0 Å². The van der Waals surface area contributed by atoms with Crippen molar-refractivity contribution in [2.75, 3.05) is 7.11 Å². The van der Waals surface area contributed by atoms with Crippen LogP contribution in [0, 0.1) is 5.92 Å². The SMILES string of the molecule is CCCCC(C(=O)OC)C(O)c1ccc(Cl)c(Br)c1. The van der Waals surface area contributed by atoms with E-state index in [0.29, 0.717) is 21.5 Å². The lowest BCUT2D eigenvalue weighted by atomic mass is 9.91. The van der Waals surface area contributed by atoms with E-state index in [9.17, 15) is 9.90 Å². The Balaban J connectivity index is 2.93. The summed E-state index contributed by atoms with van der Waals surface area (Å²) in [5, 5.41) is 10.9. The second kappa shape index (κ2) is 7.88. The summed E-state index contributed by atoms with van der Waals surface area (Å²) in [5.41, 5.74) is 0.655. The summed E-state index contributed by atoms with van der Waals surface area (Å²) < 4.78 is 5.47. The number of benzene rings is 1. The number of carbonyl (C=O) groups excluding carboxylic acids is 1. The molecule has 19 heavy (non-hydrogen) atoms. The molecule has 106 valence electrons. The molecular weight excluding hydrogens is 332 g/mol. The highest BCUT2D eigenvalue weighted by atomic mass is 79.9. The van der Waals surface area contributed by atoms with Crippen molar-refractivity contribution in [1.29, 1.82) is 0 Å². The Labute approximate surface area is 127 Å². The largest absolute Gasteiger partial charge is 0.469 e. The number of ether oxygens (including phenoxy) is 1. The van der Waals surface area contributed by atoms with Crippen LogP contribution < -0.4 is 0 Å². The maximum atomic E-state index is 11.8. The molecule has 3 nitrogen and oxygen atoms in total. The van der Waals surface area contributed by atoms with E-state index in [-0.39, 0.29) is 5.97 Å². The highest BCUT2D eigenvalue weighted by molar-refractivity contribution is 9.10. The first-order valence-electron chi connectivity index (χ1n) is 6.22. The van der Waals surface area contributed by atoms with E-state index in [1.54, 1.807) is 18.2 Å². The Hall–Kier alpha value is -0.580. The third kappa shape index (κ3) is 4.48. The molecule has 0 aliphatic heterocycles. The average molecular weight is 350 g/mol. The van der Waals surface area contributed by atoms with E-state index < -0.39 is 12.0 Å². The number of hydrogen-bond donors (Lipinski definition) is 1. The molecule has 0 aliphatic carbocycles. The molecule has 0 saturated carbocycles. The van der Waals surface area contributed by atoms with Gasteiger partial charge in [-0.05, 0) is 40.0 Å². The number of rotatable bonds is 6. The smallest absolute Gasteiger partial charge is 0.311 e. The quantitative estimate of drug-likeness (QED) is 0.786. The van der Waals surface area contributed by atoms with Crippen molar-refractivity contribution in [3.63, 3.8) is 0 Å². The first-order chi connectivity index (χ1) is 9.01. The number of aliphatic hydroxyl groups excluding tert-OH is 1. The zero-order valence-electron chi connectivity index (χ0n) is 11.0. The Kier molecular flexibility index (Phi) is 6.83. The molecule has 1 N–H and O–H groups in total. The minimum atomic E-state index is -0.882. The predicted octanol–water partition coefficient (Wildman–Crippen LogP) is 4.12. The fourth-order valence-corrected chi connectivity index (χ4v) is 2.42. The van der Waals surface area contributed by atoms with Crippen LogP contribution in [0.2, 0.25) is 5.02 Å². The summed E-state index contributed by atoms with van der Waals surface area (Å²) in [6, 6.07) is 5.15. The first-order valence-corrected chi connectivity index (χ1v) is 7.39. The first kappa shape index (κ1) is 16.5. The number of halogens is 2. The molecule has 2 atom stereocenters. The Morgan fingerprint density at radius 3 is 2.74 bits per heavy atom. The number of methoxy groups -OCH3 is 1. The fourth-order valence-electron chi connectivity index (χ4n) is 1.91. The Morgan fingerprint density at radius 1 is 1.53 bits per heavy atom. The number of aliphatic hydroxyl groups is 1. The summed E-state index contributed by atoms with van der Waals surface area (Å²) >= 11 is 9.23. The van der Waals surface area contributed by atoms with Gasteiger partial charge in [-0.1, -0.05) is 37.4 Å². The second-order valence-corrected chi connectivity index (χ2v) is 5.65. The van der Waals surface area contributed by atoms with Gasteiger partial charge in [-0.15, -0.1) is 0 Å². The molecule has 0 bridgehead atoms. The molecule has 0 fully saturated rings. The van der Waals surface area contributed by atoms with Crippen molar-refractivity contribution in [3.8, 4) is 0 Å². The van der Waals surface area contributed by atoms with E-state index >= 15 is 0 Å². The van der Waals surface area contributed by atoms with Crippen LogP contribution in [-0.2, 0) is 9.53 Å². The number of hydrogen-bond acceptors (Lipinski definition) is 3. The summed E-state index contributed by atoms with van der Waals surface area (Å²) in [6.45, 7) is 2.04. The van der Waals surface area contributed by atoms with Crippen LogP contribution in [0.4, 0.5) is 0 Å². The molecule has 0 amide bonds. The van der Waals surface area contributed by atoms with Gasteiger partial charge in [-0.2, -0.15) is 0 Å². The van der Waals surface area contributed by atoms with Crippen molar-refractivity contribution in [3.05, 3.63) is 33.3 Å². The average Bonchev–Trinajstić information content (AvgIpc) is 2.41. The van der Waals surface area contributed by atoms with E-state index in [0.717, 1.165) is 12.8 Å². The van der Waals surface area contributed by atoms with Gasteiger partial charge in [0.05, 0.1) is 24.2 Å². The molecule has 5 heteroatoms. The molecule has 2 unspecified atom stereocenters. The Bertz CT molecular complexity index is 437. The van der Waals surface area contributed by atoms with Crippen molar-refractivity contribution in [2.45, 2.75) is 32.3 Å². The van der Waals surface area contributed by atoms with Crippen LogP contribution in [0.15, 0.2) is 22.7 Å². The topological polar surface area (TPSA) is 46.5 Å². The molecule has 0 saturated heterocycles. The van der Waals surface area contributed by atoms with Crippen molar-refractivity contribution >= 4 is 33.5 Å². The second-order valence-electron chi connectivity index (χ2n) is 4.39. The Morgan fingerprint density at radius 2 is 2.21 bits per heavy atom. The van der Waals surface area contributed by atoms with Crippen LogP contribution in [0.1, 0.15) is 37.9 Å². The lowest BCUT2D eigenvalue weighted by Gasteiger charge is -2.21. The van der Waals surface area contributed by atoms with Crippen LogP contribution in [-0.4, -0.2) is 18.2 Å². The molecule has 0 aliphatic rings. The van der Waals surface area contributed by atoms with Crippen LogP contribution >= 0.6 is 27.5 Å². The molecular formula is C14H18BrClO3. The summed E-state index contributed by atoms with van der Waals surface area (Å²) in [7, 11) is 1.34. The zero-order valence-corrected chi connectivity index (χ0v) is 13.4. The third-order valence-corrected chi connectivity index (χ3v) is 4.25. The van der Waals surface area contributed by atoms with E-state index in [1.807, 2.05) is 6.92 Å². The van der Waals surface area contributed by atoms with Gasteiger partial charge in [0.15, 0.2) is 0 Å². The van der Waals surface area contributed by atoms with Crippen LogP contribution in [0.5, 0.6) is 0 Å². The molecule has 1 rings (SSSR count). The molecule has 0 aromatic heterocycles. The van der Waals surface area contributed by atoms with Gasteiger partial charge in [0.25, 0.3) is 0 Å². The molecule has 0 radical (unpaired) electrons. The fraction of sp³-hybridized carbons (Fsp3) is 0.500. The van der Waals surface area contributed by atoms with E-state index in [2.05, 4.69) is 15.9 Å². The minimum Gasteiger partial charge on any atom is -0.469 e. The van der Waals surface area contributed by atoms with Crippen molar-refractivity contribution < 1.29 is 14.6 Å². The monoisotopic (exact) mass is 348 g/mol. The highest BCUT2D eigenvalue weighted by Gasteiger charge is 2.28. The number of carbonyl (C=O) groups is 1. The highest BCUT2D eigenvalue weighted by Crippen LogP contribution is 2.31. The summed E-state index contributed by atoms with van der Waals surface area (Å²) in [6.07, 6.45) is 1.55. The van der Waals surface area contributed by atoms with Gasteiger partial charge in [-0.25, -0.2) is 0 Å². The zero-order chi connectivity index (χ0) is 14.4. The van der Waals surface area contributed by atoms with Crippen molar-refractivity contribution in [2.24, 2.45) is 5.92 Å². The third-order valence-electron chi connectivity index (χ3n) is 3.04. The summed E-state index contributed by atoms with van der Waals surface area (Å²) in [5.74, 6) is -0.926. The molecule has 1 aromatic rings. The molecule has 0 spiro atoms. The van der Waals surface area contributed by atoms with Gasteiger partial charge in [0, 0.05) is 4.47 Å². The lowest BCUT2D eigenvalue weighted by Crippen LogP contribution is -2.23. The van der Waals surface area contributed by atoms with Crippen molar-refractivity contribution in [1.82, 2.24) is 0 Å². The lowest BCUT2D eigenvalue weighted by molar-refractivity contribution is -0.150. The number of esters is 1. The maximum Gasteiger partial charge on any atom is 0.311 e. The van der Waals surface area contributed by atoms with Gasteiger partial charge in [-0.3, -0.25) is 4.79 Å².